The summed E-state index contributed by atoms with van der Waals surface area (Å²) in [5, 5.41) is 17.0. The van der Waals surface area contributed by atoms with Gasteiger partial charge in [0.1, 0.15) is 6.29 Å². The molecular weight excluding hydrogens is 232 g/mol. The van der Waals surface area contributed by atoms with Gasteiger partial charge < -0.3 is 4.79 Å². The molecule has 0 saturated carbocycles. The maximum atomic E-state index is 10.9. The Hall–Kier alpha value is -1.78. The second-order valence-corrected chi connectivity index (χ2v) is 4.82. The molecule has 0 aliphatic carbocycles. The van der Waals surface area contributed by atoms with Gasteiger partial charge in [0, 0.05) is 12.2 Å². The molecule has 1 atom stereocenters. The van der Waals surface area contributed by atoms with Crippen LogP contribution in [0.4, 0.5) is 0 Å². The van der Waals surface area contributed by atoms with Gasteiger partial charge >= 0.3 is 0 Å². The van der Waals surface area contributed by atoms with Gasteiger partial charge in [0.25, 0.3) is 0 Å². The summed E-state index contributed by atoms with van der Waals surface area (Å²) in [5.41, 5.74) is 1.58. The zero-order valence-corrected chi connectivity index (χ0v) is 10.1. The van der Waals surface area contributed by atoms with Crippen LogP contribution in [0.2, 0.25) is 0 Å². The second kappa shape index (κ2) is 7.49. The molecule has 17 heavy (non-hydrogen) atoms. The molecule has 0 aliphatic rings. The fraction of sp³-hybridized carbons (Fsp3) is 0.308. The number of carbonyl (C=O) groups is 1. The van der Waals surface area contributed by atoms with Crippen molar-refractivity contribution in [2.45, 2.75) is 18.1 Å². The lowest BCUT2D eigenvalue weighted by atomic mass is 10.1. The molecule has 0 fully saturated rings. The van der Waals surface area contributed by atoms with Gasteiger partial charge in [0.2, 0.25) is 0 Å². The van der Waals surface area contributed by atoms with Crippen LogP contribution in [-0.2, 0) is 11.2 Å². The van der Waals surface area contributed by atoms with E-state index >= 15 is 0 Å². The van der Waals surface area contributed by atoms with Gasteiger partial charge in [-0.15, -0.1) is 11.8 Å². The Labute approximate surface area is 105 Å². The quantitative estimate of drug-likeness (QED) is 0.569. The van der Waals surface area contributed by atoms with E-state index < -0.39 is 0 Å². The number of nitrogens with zero attached hydrogens (tertiary/aromatic N) is 2. The summed E-state index contributed by atoms with van der Waals surface area (Å²) in [7, 11) is 0. The van der Waals surface area contributed by atoms with Crippen LogP contribution in [0.5, 0.6) is 0 Å². The lowest BCUT2D eigenvalue weighted by Crippen LogP contribution is -2.09. The Kier molecular flexibility index (Phi) is 5.85. The number of hydrogen-bond donors (Lipinski definition) is 0. The molecule has 0 radical (unpaired) electrons. The van der Waals surface area contributed by atoms with Crippen LogP contribution in [0.1, 0.15) is 17.5 Å². The summed E-state index contributed by atoms with van der Waals surface area (Å²) in [4.78, 5) is 10.9. The molecule has 0 bridgehead atoms. The van der Waals surface area contributed by atoms with E-state index in [1.807, 2.05) is 18.2 Å². The standard InChI is InChI=1S/C13H12N2OS/c14-5-2-6-17-13(10-16)8-11-3-1-4-12(7-11)9-15/h1,3-4,7,10,13H,2,6,8H2. The van der Waals surface area contributed by atoms with E-state index in [1.165, 1.54) is 11.8 Å². The SMILES string of the molecule is N#CCCSC(C=O)Cc1cccc(C#N)c1. The number of aldehydes is 1. The highest BCUT2D eigenvalue weighted by Crippen LogP contribution is 2.16. The fourth-order valence-corrected chi connectivity index (χ4v) is 2.30. The third kappa shape index (κ3) is 4.72. The van der Waals surface area contributed by atoms with Crippen LogP contribution in [0, 0.1) is 22.7 Å². The summed E-state index contributed by atoms with van der Waals surface area (Å²) >= 11 is 1.48. The molecular formula is C13H12N2OS. The molecule has 1 unspecified atom stereocenters. The first-order valence-electron chi connectivity index (χ1n) is 5.23. The molecule has 1 rings (SSSR count). The molecule has 0 amide bonds. The maximum absolute atomic E-state index is 10.9. The number of hydrogen-bond acceptors (Lipinski definition) is 4. The van der Waals surface area contributed by atoms with Crippen molar-refractivity contribution in [3.05, 3.63) is 35.4 Å². The smallest absolute Gasteiger partial charge is 0.133 e. The van der Waals surface area contributed by atoms with Crippen LogP contribution >= 0.6 is 11.8 Å². The van der Waals surface area contributed by atoms with Crippen molar-refractivity contribution in [1.29, 1.82) is 10.5 Å². The first-order chi connectivity index (χ1) is 8.30. The number of thioether (sulfide) groups is 1. The number of rotatable bonds is 6. The van der Waals surface area contributed by atoms with Gasteiger partial charge in [-0.2, -0.15) is 10.5 Å². The summed E-state index contributed by atoms with van der Waals surface area (Å²) in [6.45, 7) is 0. The Bertz CT molecular complexity index is 459. The Morgan fingerprint density at radius 1 is 1.41 bits per heavy atom. The predicted molar refractivity (Wildman–Crippen MR) is 67.4 cm³/mol. The first-order valence-corrected chi connectivity index (χ1v) is 6.28. The molecule has 0 aliphatic heterocycles. The van der Waals surface area contributed by atoms with Gasteiger partial charge in [-0.3, -0.25) is 0 Å². The highest BCUT2D eigenvalue weighted by molar-refractivity contribution is 8.00. The number of nitriles is 2. The molecule has 0 saturated heterocycles. The van der Waals surface area contributed by atoms with Gasteiger partial charge in [-0.25, -0.2) is 0 Å². The van der Waals surface area contributed by atoms with Crippen LogP contribution in [0.3, 0.4) is 0 Å². The minimum atomic E-state index is -0.141. The van der Waals surface area contributed by atoms with Crippen LogP contribution < -0.4 is 0 Å². The van der Waals surface area contributed by atoms with Crippen LogP contribution in [0.25, 0.3) is 0 Å². The van der Waals surface area contributed by atoms with Crippen molar-refractivity contribution in [2.75, 3.05) is 5.75 Å². The molecule has 1 aromatic rings. The van der Waals surface area contributed by atoms with E-state index in [0.717, 1.165) is 11.8 Å². The number of carbonyl (C=O) groups excluding carboxylic acids is 1. The second-order valence-electron chi connectivity index (χ2n) is 3.47. The van der Waals surface area contributed by atoms with Gasteiger partial charge in [0.15, 0.2) is 0 Å². The molecule has 0 aromatic heterocycles. The monoisotopic (exact) mass is 244 g/mol. The fourth-order valence-electron chi connectivity index (χ4n) is 1.40. The van der Waals surface area contributed by atoms with Crippen molar-refractivity contribution in [3.8, 4) is 12.1 Å². The van der Waals surface area contributed by atoms with Gasteiger partial charge in [0.05, 0.1) is 23.0 Å². The highest BCUT2D eigenvalue weighted by atomic mass is 32.2. The third-order valence-electron chi connectivity index (χ3n) is 2.19. The lowest BCUT2D eigenvalue weighted by Gasteiger charge is -2.08. The molecule has 3 nitrogen and oxygen atoms in total. The van der Waals surface area contributed by atoms with E-state index in [0.29, 0.717) is 24.2 Å². The minimum absolute atomic E-state index is 0.141. The van der Waals surface area contributed by atoms with E-state index in [4.69, 9.17) is 10.5 Å². The maximum Gasteiger partial charge on any atom is 0.133 e. The molecule has 4 heteroatoms. The Morgan fingerprint density at radius 3 is 2.88 bits per heavy atom. The van der Waals surface area contributed by atoms with Gasteiger partial charge in [-0.1, -0.05) is 12.1 Å². The van der Waals surface area contributed by atoms with E-state index in [1.54, 1.807) is 12.1 Å². The lowest BCUT2D eigenvalue weighted by molar-refractivity contribution is -0.107. The zero-order chi connectivity index (χ0) is 12.5. The van der Waals surface area contributed by atoms with Crippen LogP contribution in [-0.4, -0.2) is 17.3 Å². The summed E-state index contributed by atoms with van der Waals surface area (Å²) in [5.74, 6) is 0.665. The van der Waals surface area contributed by atoms with Crippen molar-refractivity contribution >= 4 is 18.0 Å². The summed E-state index contributed by atoms with van der Waals surface area (Å²) in [6.07, 6.45) is 1.96. The largest absolute Gasteiger partial charge is 0.302 e. The van der Waals surface area contributed by atoms with Gasteiger partial charge in [-0.05, 0) is 24.1 Å². The minimum Gasteiger partial charge on any atom is -0.302 e. The van der Waals surface area contributed by atoms with Crippen molar-refractivity contribution in [1.82, 2.24) is 0 Å². The van der Waals surface area contributed by atoms with Crippen LogP contribution in [0.15, 0.2) is 24.3 Å². The normalized spacial score (nSPS) is 11.2. The molecule has 0 N–H and O–H groups in total. The van der Waals surface area contributed by atoms with Crippen molar-refractivity contribution in [3.63, 3.8) is 0 Å². The Balaban J connectivity index is 2.58. The van der Waals surface area contributed by atoms with E-state index in [2.05, 4.69) is 6.07 Å². The topological polar surface area (TPSA) is 64.7 Å². The average Bonchev–Trinajstić information content (AvgIpc) is 2.38. The van der Waals surface area contributed by atoms with Crippen molar-refractivity contribution in [2.24, 2.45) is 0 Å². The Morgan fingerprint density at radius 2 is 2.24 bits per heavy atom. The van der Waals surface area contributed by atoms with E-state index in [9.17, 15) is 4.79 Å². The van der Waals surface area contributed by atoms with Crippen molar-refractivity contribution < 1.29 is 4.79 Å². The number of benzene rings is 1. The molecule has 0 heterocycles. The third-order valence-corrected chi connectivity index (χ3v) is 3.34. The average molecular weight is 244 g/mol. The first kappa shape index (κ1) is 13.3. The summed E-state index contributed by atoms with van der Waals surface area (Å²) < 4.78 is 0. The molecule has 0 spiro atoms. The zero-order valence-electron chi connectivity index (χ0n) is 9.30. The highest BCUT2D eigenvalue weighted by Gasteiger charge is 2.09. The van der Waals surface area contributed by atoms with E-state index in [-0.39, 0.29) is 5.25 Å². The molecule has 86 valence electrons. The summed E-state index contributed by atoms with van der Waals surface area (Å²) in [6, 6.07) is 11.4. The predicted octanol–water partition coefficient (Wildman–Crippen LogP) is 2.32. The molecule has 1 aromatic carbocycles.